The molecular weight excluding hydrogens is 410 g/mol. The van der Waals surface area contributed by atoms with E-state index in [1.807, 2.05) is 24.0 Å². The van der Waals surface area contributed by atoms with Gasteiger partial charge in [0.05, 0.1) is 0 Å². The second kappa shape index (κ2) is 11.0. The highest BCUT2D eigenvalue weighted by molar-refractivity contribution is 5.77. The Morgan fingerprint density at radius 1 is 1.19 bits per heavy atom. The van der Waals surface area contributed by atoms with E-state index in [-0.39, 0.29) is 36.0 Å². The fraction of sp³-hybridized carbons (Fsp3) is 0.500. The van der Waals surface area contributed by atoms with Crippen molar-refractivity contribution < 1.29 is 18.3 Å². The highest BCUT2D eigenvalue weighted by Gasteiger charge is 2.36. The molecule has 1 heterocycles. The summed E-state index contributed by atoms with van der Waals surface area (Å²) in [6.07, 6.45) is 0. The lowest BCUT2D eigenvalue weighted by Gasteiger charge is -2.30. The summed E-state index contributed by atoms with van der Waals surface area (Å²) in [7, 11) is 1.52. The molecule has 1 fully saturated rings. The summed E-state index contributed by atoms with van der Waals surface area (Å²) in [6.45, 7) is 9.26. The van der Waals surface area contributed by atoms with Crippen molar-refractivity contribution in [3.8, 4) is 0 Å². The molecule has 0 radical (unpaired) electrons. The number of likely N-dealkylation sites (tertiary alicyclic amines) is 1. The van der Waals surface area contributed by atoms with Crippen molar-refractivity contribution in [3.05, 3.63) is 70.8 Å². The number of methoxy groups -OCH3 is 1. The molecule has 2 unspecified atom stereocenters. The second-order valence-corrected chi connectivity index (χ2v) is 9.34. The van der Waals surface area contributed by atoms with Gasteiger partial charge in [-0.1, -0.05) is 43.7 Å². The molecule has 4 nitrogen and oxygen atoms in total. The predicted molar refractivity (Wildman–Crippen MR) is 122 cm³/mol. The zero-order valence-electron chi connectivity index (χ0n) is 19.5. The SMILES string of the molecule is COCC(=O)N(CC(C)C)CC1CN(Cc2cc(C)ccc2F)CC1c1cccc(F)c1. The molecule has 0 N–H and O–H groups in total. The Morgan fingerprint density at radius 2 is 1.97 bits per heavy atom. The Balaban J connectivity index is 1.84. The molecule has 6 heteroatoms. The molecule has 1 aliphatic rings. The van der Waals surface area contributed by atoms with Gasteiger partial charge in [0.25, 0.3) is 0 Å². The van der Waals surface area contributed by atoms with Crippen LogP contribution in [0.15, 0.2) is 42.5 Å². The Bertz CT molecular complexity index is 918. The Labute approximate surface area is 190 Å². The van der Waals surface area contributed by atoms with Crippen LogP contribution in [0.3, 0.4) is 0 Å². The Morgan fingerprint density at radius 3 is 2.66 bits per heavy atom. The molecule has 2 aromatic carbocycles. The number of amides is 1. The van der Waals surface area contributed by atoms with Crippen LogP contribution in [0.25, 0.3) is 0 Å². The van der Waals surface area contributed by atoms with Crippen molar-refractivity contribution in [3.63, 3.8) is 0 Å². The van der Waals surface area contributed by atoms with E-state index >= 15 is 0 Å². The number of nitrogens with zero attached hydrogens (tertiary/aromatic N) is 2. The minimum Gasteiger partial charge on any atom is -0.375 e. The average Bonchev–Trinajstić information content (AvgIpc) is 3.12. The number of benzene rings is 2. The van der Waals surface area contributed by atoms with Crippen molar-refractivity contribution in [1.82, 2.24) is 9.80 Å². The zero-order valence-corrected chi connectivity index (χ0v) is 19.5. The van der Waals surface area contributed by atoms with Crippen molar-refractivity contribution in [2.75, 3.05) is 39.9 Å². The van der Waals surface area contributed by atoms with Crippen LogP contribution in [-0.4, -0.2) is 55.6 Å². The van der Waals surface area contributed by atoms with Crippen LogP contribution in [-0.2, 0) is 16.1 Å². The molecule has 0 aromatic heterocycles. The molecule has 32 heavy (non-hydrogen) atoms. The summed E-state index contributed by atoms with van der Waals surface area (Å²) < 4.78 is 33.5. The van der Waals surface area contributed by atoms with Crippen molar-refractivity contribution in [2.45, 2.75) is 33.2 Å². The number of carbonyl (C=O) groups excluding carboxylic acids is 1. The summed E-state index contributed by atoms with van der Waals surface area (Å²) >= 11 is 0. The number of hydrogen-bond donors (Lipinski definition) is 0. The molecule has 1 amide bonds. The lowest BCUT2D eigenvalue weighted by atomic mass is 9.88. The van der Waals surface area contributed by atoms with Gasteiger partial charge < -0.3 is 9.64 Å². The molecule has 2 atom stereocenters. The monoisotopic (exact) mass is 444 g/mol. The topological polar surface area (TPSA) is 32.8 Å². The molecule has 0 bridgehead atoms. The van der Waals surface area contributed by atoms with E-state index in [1.54, 1.807) is 18.2 Å². The molecule has 1 saturated heterocycles. The summed E-state index contributed by atoms with van der Waals surface area (Å²) in [5.74, 6) is -0.0190. The van der Waals surface area contributed by atoms with Gasteiger partial charge in [-0.25, -0.2) is 8.78 Å². The molecular formula is C26H34F2N2O2. The third-order valence-corrected chi connectivity index (χ3v) is 6.05. The molecule has 3 rings (SSSR count). The van der Waals surface area contributed by atoms with Crippen molar-refractivity contribution >= 4 is 5.91 Å². The van der Waals surface area contributed by atoms with Crippen LogP contribution in [0.1, 0.15) is 36.5 Å². The van der Waals surface area contributed by atoms with Crippen LogP contribution < -0.4 is 0 Å². The molecule has 174 valence electrons. The molecule has 1 aliphatic heterocycles. The van der Waals surface area contributed by atoms with Crippen LogP contribution in [0.2, 0.25) is 0 Å². The van der Waals surface area contributed by atoms with Crippen LogP contribution in [0.4, 0.5) is 8.78 Å². The zero-order chi connectivity index (χ0) is 23.3. The number of ether oxygens (including phenoxy) is 1. The fourth-order valence-corrected chi connectivity index (χ4v) is 4.67. The first-order valence-electron chi connectivity index (χ1n) is 11.3. The Hall–Kier alpha value is -2.31. The molecule has 2 aromatic rings. The maximum Gasteiger partial charge on any atom is 0.248 e. The van der Waals surface area contributed by atoms with E-state index in [0.717, 1.165) is 11.1 Å². The molecule has 0 saturated carbocycles. The van der Waals surface area contributed by atoms with Crippen molar-refractivity contribution in [1.29, 1.82) is 0 Å². The quantitative estimate of drug-likeness (QED) is 0.566. The summed E-state index contributed by atoms with van der Waals surface area (Å²) in [6, 6.07) is 11.9. The normalized spacial score (nSPS) is 19.0. The smallest absolute Gasteiger partial charge is 0.248 e. The minimum atomic E-state index is -0.265. The third kappa shape index (κ3) is 6.36. The van der Waals surface area contributed by atoms with E-state index in [4.69, 9.17) is 4.74 Å². The molecule has 0 spiro atoms. The number of halogens is 2. The lowest BCUT2D eigenvalue weighted by molar-refractivity contribution is -0.136. The lowest BCUT2D eigenvalue weighted by Crippen LogP contribution is -2.41. The maximum atomic E-state index is 14.4. The summed E-state index contributed by atoms with van der Waals surface area (Å²) in [4.78, 5) is 16.8. The summed E-state index contributed by atoms with van der Waals surface area (Å²) in [5, 5.41) is 0. The van der Waals surface area contributed by atoms with Crippen molar-refractivity contribution in [2.24, 2.45) is 11.8 Å². The van der Waals surface area contributed by atoms with Crippen LogP contribution in [0, 0.1) is 30.4 Å². The third-order valence-electron chi connectivity index (χ3n) is 6.05. The molecule has 0 aliphatic carbocycles. The Kier molecular flexibility index (Phi) is 8.38. The first-order valence-corrected chi connectivity index (χ1v) is 11.3. The number of rotatable bonds is 9. The predicted octanol–water partition coefficient (Wildman–Crippen LogP) is 4.62. The highest BCUT2D eigenvalue weighted by Crippen LogP contribution is 2.35. The standard InChI is InChI=1S/C26H34F2N2O2/c1-18(2)12-30(26(31)17-32-4)15-22-14-29(13-21-10-19(3)8-9-25(21)28)16-24(22)20-6-5-7-23(27)11-20/h5-11,18,22,24H,12-17H2,1-4H3. The minimum absolute atomic E-state index is 0.0395. The van der Waals surface area contributed by atoms with Gasteiger partial charge >= 0.3 is 0 Å². The van der Waals surface area contributed by atoms with Gasteiger partial charge in [0.1, 0.15) is 18.2 Å². The van der Waals surface area contributed by atoms with Gasteiger partial charge in [-0.05, 0) is 42.5 Å². The van der Waals surface area contributed by atoms with Gasteiger partial charge in [0.15, 0.2) is 0 Å². The first-order chi connectivity index (χ1) is 15.3. The van der Waals surface area contributed by atoms with Gasteiger partial charge in [-0.15, -0.1) is 0 Å². The van der Waals surface area contributed by atoms with E-state index in [1.165, 1.54) is 19.2 Å². The fourth-order valence-electron chi connectivity index (χ4n) is 4.67. The first kappa shape index (κ1) is 24.3. The number of carbonyl (C=O) groups is 1. The van der Waals surface area contributed by atoms with Gasteiger partial charge in [-0.2, -0.15) is 0 Å². The van der Waals surface area contributed by atoms with Gasteiger partial charge in [0, 0.05) is 51.3 Å². The largest absolute Gasteiger partial charge is 0.375 e. The summed E-state index contributed by atoms with van der Waals surface area (Å²) in [5.41, 5.74) is 2.61. The second-order valence-electron chi connectivity index (χ2n) is 9.34. The van der Waals surface area contributed by atoms with E-state index in [2.05, 4.69) is 18.7 Å². The van der Waals surface area contributed by atoms with Crippen LogP contribution in [0.5, 0.6) is 0 Å². The number of aryl methyl sites for hydroxylation is 1. The number of hydrogen-bond acceptors (Lipinski definition) is 3. The average molecular weight is 445 g/mol. The van der Waals surface area contributed by atoms with E-state index in [9.17, 15) is 13.6 Å². The van der Waals surface area contributed by atoms with Gasteiger partial charge in [0.2, 0.25) is 5.91 Å². The van der Waals surface area contributed by atoms with Gasteiger partial charge in [-0.3, -0.25) is 9.69 Å². The highest BCUT2D eigenvalue weighted by atomic mass is 19.1. The van der Waals surface area contributed by atoms with Crippen LogP contribution >= 0.6 is 0 Å². The van der Waals surface area contributed by atoms with E-state index in [0.29, 0.717) is 44.2 Å². The van der Waals surface area contributed by atoms with E-state index < -0.39 is 0 Å². The maximum absolute atomic E-state index is 14.4.